The fraction of sp³-hybridized carbons (Fsp3) is 0.158. The second-order valence-electron chi connectivity index (χ2n) is 6.24. The molecule has 0 unspecified atom stereocenters. The second kappa shape index (κ2) is 7.62. The van der Waals surface area contributed by atoms with Crippen LogP contribution in [0.25, 0.3) is 17.1 Å². The number of aromatic nitrogens is 6. The molecule has 30 heavy (non-hydrogen) atoms. The Balaban J connectivity index is 1.68. The first kappa shape index (κ1) is 19.1. The summed E-state index contributed by atoms with van der Waals surface area (Å²) in [4.78, 5) is 35.7. The molecule has 1 aromatic carbocycles. The van der Waals surface area contributed by atoms with E-state index in [2.05, 4.69) is 20.1 Å². The quantitative estimate of drug-likeness (QED) is 0.472. The van der Waals surface area contributed by atoms with Crippen molar-refractivity contribution in [1.82, 2.24) is 29.3 Å². The molecule has 152 valence electrons. The molecule has 0 radical (unpaired) electrons. The third kappa shape index (κ3) is 3.43. The van der Waals surface area contributed by atoms with Crippen LogP contribution in [0.15, 0.2) is 43.0 Å². The van der Waals surface area contributed by atoms with Crippen molar-refractivity contribution in [3.8, 4) is 11.8 Å². The summed E-state index contributed by atoms with van der Waals surface area (Å²) in [7, 11) is 2.81. The average Bonchev–Trinajstić information content (AvgIpc) is 3.41. The number of aromatic carboxylic acids is 1. The maximum atomic E-state index is 11.6. The highest BCUT2D eigenvalue weighted by molar-refractivity contribution is 5.89. The zero-order valence-electron chi connectivity index (χ0n) is 16.0. The summed E-state index contributed by atoms with van der Waals surface area (Å²) in [5.41, 5.74) is 2.34. The summed E-state index contributed by atoms with van der Waals surface area (Å²) in [6, 6.07) is 7.00. The number of carboxylic acids is 1. The molecular formula is C19H16N6O5. The highest BCUT2D eigenvalue weighted by Crippen LogP contribution is 2.24. The summed E-state index contributed by atoms with van der Waals surface area (Å²) in [5, 5.41) is 13.0. The van der Waals surface area contributed by atoms with E-state index in [1.54, 1.807) is 18.5 Å². The minimum atomic E-state index is -1.10. The van der Waals surface area contributed by atoms with Gasteiger partial charge in [-0.2, -0.15) is 15.1 Å². The number of rotatable bonds is 6. The molecule has 1 N–H and O–H groups in total. The van der Waals surface area contributed by atoms with E-state index in [-0.39, 0.29) is 17.4 Å². The van der Waals surface area contributed by atoms with Crippen LogP contribution in [0.3, 0.4) is 0 Å². The molecule has 0 fully saturated rings. The standard InChI is InChI=1S/C19H16N6O5/c1-29-16-14-15(22-19(23-16)25-9-13(7-21-25)17(26)27)20-10-24(14)8-11-3-5-12(6-4-11)18(28)30-2/h3-7,9-10H,8H2,1-2H3,(H,26,27). The van der Waals surface area contributed by atoms with Crippen LogP contribution >= 0.6 is 0 Å². The number of hydrogen-bond acceptors (Lipinski definition) is 8. The van der Waals surface area contributed by atoms with Gasteiger partial charge in [0.2, 0.25) is 5.88 Å². The third-order valence-corrected chi connectivity index (χ3v) is 4.38. The Morgan fingerprint density at radius 1 is 1.10 bits per heavy atom. The van der Waals surface area contributed by atoms with Gasteiger partial charge < -0.3 is 19.1 Å². The molecule has 0 atom stereocenters. The normalized spacial score (nSPS) is 10.9. The summed E-state index contributed by atoms with van der Waals surface area (Å²) in [5.74, 6) is -1.09. The largest absolute Gasteiger partial charge is 0.479 e. The van der Waals surface area contributed by atoms with Gasteiger partial charge in [-0.05, 0) is 17.7 Å². The van der Waals surface area contributed by atoms with Crippen molar-refractivity contribution in [3.05, 3.63) is 59.7 Å². The van der Waals surface area contributed by atoms with E-state index >= 15 is 0 Å². The minimum absolute atomic E-state index is 0.0126. The van der Waals surface area contributed by atoms with Gasteiger partial charge in [-0.1, -0.05) is 12.1 Å². The lowest BCUT2D eigenvalue weighted by atomic mass is 10.1. The van der Waals surface area contributed by atoms with Crippen LogP contribution in [-0.4, -0.2) is 60.6 Å². The summed E-state index contributed by atoms with van der Waals surface area (Å²) in [6.45, 7) is 0.446. The number of imidazole rings is 1. The maximum absolute atomic E-state index is 11.6. The van der Waals surface area contributed by atoms with E-state index < -0.39 is 11.9 Å². The van der Waals surface area contributed by atoms with E-state index in [0.29, 0.717) is 23.3 Å². The predicted molar refractivity (Wildman–Crippen MR) is 103 cm³/mol. The molecule has 0 saturated carbocycles. The second-order valence-corrected chi connectivity index (χ2v) is 6.24. The molecule has 0 aliphatic heterocycles. The van der Waals surface area contributed by atoms with Gasteiger partial charge in [-0.15, -0.1) is 0 Å². The van der Waals surface area contributed by atoms with Crippen LogP contribution in [0, 0.1) is 0 Å². The van der Waals surface area contributed by atoms with Crippen LogP contribution in [0.5, 0.6) is 5.88 Å². The third-order valence-electron chi connectivity index (χ3n) is 4.38. The smallest absolute Gasteiger partial charge is 0.338 e. The van der Waals surface area contributed by atoms with Gasteiger partial charge in [0, 0.05) is 12.7 Å². The zero-order valence-corrected chi connectivity index (χ0v) is 16.0. The van der Waals surface area contributed by atoms with E-state index in [9.17, 15) is 9.59 Å². The first-order valence-electron chi connectivity index (χ1n) is 8.72. The Morgan fingerprint density at radius 2 is 1.87 bits per heavy atom. The van der Waals surface area contributed by atoms with Crippen molar-refractivity contribution in [2.24, 2.45) is 0 Å². The van der Waals surface area contributed by atoms with Gasteiger partial charge in [0.25, 0.3) is 5.95 Å². The number of benzene rings is 1. The van der Waals surface area contributed by atoms with Crippen molar-refractivity contribution >= 4 is 23.1 Å². The number of hydrogen-bond donors (Lipinski definition) is 1. The Hall–Kier alpha value is -4.28. The molecule has 4 aromatic rings. The molecule has 0 aliphatic rings. The number of nitrogens with zero attached hydrogens (tertiary/aromatic N) is 6. The van der Waals surface area contributed by atoms with Gasteiger partial charge in [-0.25, -0.2) is 19.3 Å². The number of carbonyl (C=O) groups excluding carboxylic acids is 1. The predicted octanol–water partition coefficient (Wildman–Crippen LogP) is 1.55. The van der Waals surface area contributed by atoms with Crippen molar-refractivity contribution in [2.45, 2.75) is 6.54 Å². The summed E-state index contributed by atoms with van der Waals surface area (Å²) < 4.78 is 13.2. The van der Waals surface area contributed by atoms with Gasteiger partial charge in [-0.3, -0.25) is 0 Å². The molecule has 0 amide bonds. The lowest BCUT2D eigenvalue weighted by molar-refractivity contribution is 0.0599. The van der Waals surface area contributed by atoms with E-state index in [4.69, 9.17) is 14.6 Å². The van der Waals surface area contributed by atoms with Crippen LogP contribution < -0.4 is 4.74 Å². The van der Waals surface area contributed by atoms with Crippen LogP contribution in [0.2, 0.25) is 0 Å². The van der Waals surface area contributed by atoms with Crippen LogP contribution in [0.4, 0.5) is 0 Å². The highest BCUT2D eigenvalue weighted by Gasteiger charge is 2.17. The highest BCUT2D eigenvalue weighted by atomic mass is 16.5. The molecule has 11 nitrogen and oxygen atoms in total. The monoisotopic (exact) mass is 408 g/mol. The van der Waals surface area contributed by atoms with E-state index in [1.165, 1.54) is 31.3 Å². The van der Waals surface area contributed by atoms with E-state index in [0.717, 1.165) is 5.56 Å². The molecule has 0 saturated heterocycles. The number of ether oxygens (including phenoxy) is 2. The summed E-state index contributed by atoms with van der Waals surface area (Å²) in [6.07, 6.45) is 4.12. The fourth-order valence-electron chi connectivity index (χ4n) is 2.90. The van der Waals surface area contributed by atoms with Gasteiger partial charge in [0.15, 0.2) is 11.2 Å². The molecule has 3 aromatic heterocycles. The van der Waals surface area contributed by atoms with Crippen molar-refractivity contribution in [1.29, 1.82) is 0 Å². The Labute approximate surface area is 169 Å². The molecular weight excluding hydrogens is 392 g/mol. The Morgan fingerprint density at radius 3 is 2.50 bits per heavy atom. The molecule has 0 spiro atoms. The van der Waals surface area contributed by atoms with Crippen LogP contribution in [-0.2, 0) is 11.3 Å². The zero-order chi connectivity index (χ0) is 21.3. The molecule has 0 bridgehead atoms. The number of fused-ring (bicyclic) bond motifs is 1. The molecule has 3 heterocycles. The van der Waals surface area contributed by atoms with Crippen molar-refractivity contribution in [3.63, 3.8) is 0 Å². The van der Waals surface area contributed by atoms with Crippen LogP contribution in [0.1, 0.15) is 26.3 Å². The molecule has 0 aliphatic carbocycles. The number of esters is 1. The van der Waals surface area contributed by atoms with Gasteiger partial charge in [0.1, 0.15) is 0 Å². The topological polar surface area (TPSA) is 134 Å². The number of methoxy groups -OCH3 is 2. The molecule has 4 rings (SSSR count). The number of carboxylic acid groups (broad SMARTS) is 1. The maximum Gasteiger partial charge on any atom is 0.338 e. The lowest BCUT2D eigenvalue weighted by Crippen LogP contribution is -2.06. The molecule has 11 heteroatoms. The number of carbonyl (C=O) groups is 2. The lowest BCUT2D eigenvalue weighted by Gasteiger charge is -2.09. The van der Waals surface area contributed by atoms with Crippen molar-refractivity contribution in [2.75, 3.05) is 14.2 Å². The van der Waals surface area contributed by atoms with Crippen molar-refractivity contribution < 1.29 is 24.2 Å². The first-order valence-corrected chi connectivity index (χ1v) is 8.72. The SMILES string of the molecule is COC(=O)c1ccc(Cn2cnc3nc(-n4cc(C(=O)O)cn4)nc(OC)c32)cc1. The van der Waals surface area contributed by atoms with E-state index in [1.807, 2.05) is 16.7 Å². The minimum Gasteiger partial charge on any atom is -0.479 e. The Kier molecular flexibility index (Phi) is 4.84. The summed E-state index contributed by atoms with van der Waals surface area (Å²) >= 11 is 0. The fourth-order valence-corrected chi connectivity index (χ4v) is 2.90. The van der Waals surface area contributed by atoms with Gasteiger partial charge >= 0.3 is 11.9 Å². The van der Waals surface area contributed by atoms with Gasteiger partial charge in [0.05, 0.1) is 37.9 Å². The first-order chi connectivity index (χ1) is 14.5. The Bertz CT molecular complexity index is 1240. The average molecular weight is 408 g/mol.